The Hall–Kier alpha value is -1.10. The van der Waals surface area contributed by atoms with E-state index in [1.165, 1.54) is 0 Å². The molecule has 0 aliphatic heterocycles. The highest BCUT2D eigenvalue weighted by Gasteiger charge is 2.19. The minimum Gasteiger partial charge on any atom is -0.198 e. The lowest BCUT2D eigenvalue weighted by molar-refractivity contribution is 0.737. The topological polar surface area (TPSA) is 71.4 Å². The number of hydrogen-bond acceptors (Lipinski definition) is 3. The fourth-order valence-electron chi connectivity index (χ4n) is 1.72. The fourth-order valence-corrected chi connectivity index (χ4v) is 4.41. The Kier molecular flexibility index (Phi) is 9.70. The maximum Gasteiger partial charge on any atom is 0.0628 e. The molecule has 0 saturated carbocycles. The van der Waals surface area contributed by atoms with Crippen molar-refractivity contribution in [3.05, 3.63) is 0 Å². The number of nitrogens with zero attached hydrogens (tertiary/aromatic N) is 3. The third kappa shape index (κ3) is 6.40. The summed E-state index contributed by atoms with van der Waals surface area (Å²) in [7, 11) is -0.315. The molecule has 0 aromatic carbocycles. The van der Waals surface area contributed by atoms with Gasteiger partial charge >= 0.3 is 0 Å². The Morgan fingerprint density at radius 2 is 1.56 bits per heavy atom. The van der Waals surface area contributed by atoms with Crippen molar-refractivity contribution in [1.82, 2.24) is 0 Å². The maximum absolute atomic E-state index is 8.79. The van der Waals surface area contributed by atoms with Gasteiger partial charge in [-0.15, -0.1) is 7.92 Å². The molecule has 86 valence electrons. The Labute approximate surface area is 99.4 Å². The summed E-state index contributed by atoms with van der Waals surface area (Å²) in [6, 6.07) is 6.56. The van der Waals surface area contributed by atoms with E-state index in [9.17, 15) is 0 Å². The Balaban J connectivity index is 4.35. The average Bonchev–Trinajstić information content (AvgIpc) is 2.29. The predicted molar refractivity (Wildman–Crippen MR) is 66.0 cm³/mol. The first-order valence-electron chi connectivity index (χ1n) is 5.65. The molecule has 0 aliphatic rings. The van der Waals surface area contributed by atoms with E-state index < -0.39 is 0 Å². The van der Waals surface area contributed by atoms with Crippen LogP contribution in [0.2, 0.25) is 0 Å². The van der Waals surface area contributed by atoms with Crippen molar-refractivity contribution in [1.29, 1.82) is 15.8 Å². The SMILES string of the molecule is CCCC(CC#N)P(CCC#N)CCC#N. The van der Waals surface area contributed by atoms with E-state index in [0.717, 1.165) is 25.2 Å². The molecule has 0 amide bonds. The van der Waals surface area contributed by atoms with E-state index >= 15 is 0 Å². The van der Waals surface area contributed by atoms with Gasteiger partial charge in [-0.25, -0.2) is 0 Å². The molecule has 0 spiro atoms. The molecule has 0 fully saturated rings. The molecule has 4 heteroatoms. The van der Waals surface area contributed by atoms with Crippen LogP contribution in [0.4, 0.5) is 0 Å². The maximum atomic E-state index is 8.79. The molecule has 0 aliphatic carbocycles. The molecular formula is C12H18N3P. The molecule has 0 bridgehead atoms. The molecule has 0 N–H and O–H groups in total. The molecule has 16 heavy (non-hydrogen) atoms. The number of nitriles is 3. The van der Waals surface area contributed by atoms with Gasteiger partial charge in [0.1, 0.15) is 0 Å². The molecule has 0 saturated heterocycles. The second-order valence-corrected chi connectivity index (χ2v) is 6.46. The van der Waals surface area contributed by atoms with Crippen molar-refractivity contribution in [2.45, 2.75) is 44.7 Å². The summed E-state index contributed by atoms with van der Waals surface area (Å²) in [5.41, 5.74) is 0.423. The van der Waals surface area contributed by atoms with Crippen LogP contribution in [0.1, 0.15) is 39.0 Å². The zero-order chi connectivity index (χ0) is 12.2. The molecule has 1 atom stereocenters. The normalized spacial score (nSPS) is 11.4. The summed E-state index contributed by atoms with van der Waals surface area (Å²) in [6.07, 6.45) is 5.60. The van der Waals surface area contributed by atoms with Gasteiger partial charge in [-0.3, -0.25) is 0 Å². The smallest absolute Gasteiger partial charge is 0.0628 e. The third-order valence-corrected chi connectivity index (χ3v) is 5.56. The van der Waals surface area contributed by atoms with Crippen LogP contribution < -0.4 is 0 Å². The van der Waals surface area contributed by atoms with Crippen molar-refractivity contribution in [2.75, 3.05) is 12.3 Å². The lowest BCUT2D eigenvalue weighted by Crippen LogP contribution is -2.09. The zero-order valence-corrected chi connectivity index (χ0v) is 10.7. The summed E-state index contributed by atoms with van der Waals surface area (Å²) in [4.78, 5) is 0. The Morgan fingerprint density at radius 1 is 1.00 bits per heavy atom. The van der Waals surface area contributed by atoms with E-state index in [0.29, 0.717) is 24.9 Å². The van der Waals surface area contributed by atoms with Crippen LogP contribution in [0.25, 0.3) is 0 Å². The second-order valence-electron chi connectivity index (χ2n) is 3.66. The molecule has 0 rings (SSSR count). The summed E-state index contributed by atoms with van der Waals surface area (Å²) in [5, 5.41) is 26.0. The monoisotopic (exact) mass is 235 g/mol. The van der Waals surface area contributed by atoms with Crippen molar-refractivity contribution in [2.24, 2.45) is 0 Å². The quantitative estimate of drug-likeness (QED) is 0.605. The Bertz CT molecular complexity index is 277. The minimum atomic E-state index is -0.315. The zero-order valence-electron chi connectivity index (χ0n) is 9.82. The molecule has 0 radical (unpaired) electrons. The predicted octanol–water partition coefficient (Wildman–Crippen LogP) is 3.38. The summed E-state index contributed by atoms with van der Waals surface area (Å²) in [6.45, 7) is 2.12. The highest BCUT2D eigenvalue weighted by molar-refractivity contribution is 7.58. The van der Waals surface area contributed by atoms with Crippen LogP contribution >= 0.6 is 7.92 Å². The summed E-state index contributed by atoms with van der Waals surface area (Å²) >= 11 is 0. The van der Waals surface area contributed by atoms with Gasteiger partial charge in [-0.1, -0.05) is 13.3 Å². The van der Waals surface area contributed by atoms with Gasteiger partial charge in [0.05, 0.1) is 18.2 Å². The van der Waals surface area contributed by atoms with Crippen molar-refractivity contribution >= 4 is 7.92 Å². The van der Waals surface area contributed by atoms with Gasteiger partial charge in [0.25, 0.3) is 0 Å². The van der Waals surface area contributed by atoms with Crippen molar-refractivity contribution in [3.63, 3.8) is 0 Å². The first-order chi connectivity index (χ1) is 7.79. The fraction of sp³-hybridized carbons (Fsp3) is 0.750. The molecule has 0 aromatic heterocycles. The van der Waals surface area contributed by atoms with E-state index in [-0.39, 0.29) is 7.92 Å². The second kappa shape index (κ2) is 10.4. The number of hydrogen-bond donors (Lipinski definition) is 0. The van der Waals surface area contributed by atoms with Crippen LogP contribution in [0.15, 0.2) is 0 Å². The summed E-state index contributed by atoms with van der Waals surface area (Å²) < 4.78 is 0. The lowest BCUT2D eigenvalue weighted by Gasteiger charge is -2.24. The van der Waals surface area contributed by atoms with Gasteiger partial charge in [0.15, 0.2) is 0 Å². The van der Waals surface area contributed by atoms with Gasteiger partial charge < -0.3 is 0 Å². The van der Waals surface area contributed by atoms with Crippen molar-refractivity contribution < 1.29 is 0 Å². The van der Waals surface area contributed by atoms with E-state index in [4.69, 9.17) is 15.8 Å². The largest absolute Gasteiger partial charge is 0.198 e. The van der Waals surface area contributed by atoms with Gasteiger partial charge in [-0.2, -0.15) is 15.8 Å². The van der Waals surface area contributed by atoms with Crippen LogP contribution in [0.3, 0.4) is 0 Å². The standard InChI is InChI=1S/C12H18N3P/c1-2-5-12(6-9-15)16(10-3-7-13)11-4-8-14/h12H,2-6,10-11H2,1H3. The van der Waals surface area contributed by atoms with Crippen molar-refractivity contribution in [3.8, 4) is 18.2 Å². The lowest BCUT2D eigenvalue weighted by atomic mass is 10.2. The first-order valence-corrected chi connectivity index (χ1v) is 7.43. The average molecular weight is 235 g/mol. The molecule has 1 unspecified atom stereocenters. The van der Waals surface area contributed by atoms with Gasteiger partial charge in [-0.05, 0) is 24.4 Å². The molecule has 0 heterocycles. The van der Waals surface area contributed by atoms with E-state index in [2.05, 4.69) is 25.1 Å². The van der Waals surface area contributed by atoms with E-state index in [1.807, 2.05) is 0 Å². The molecular weight excluding hydrogens is 217 g/mol. The highest BCUT2D eigenvalue weighted by atomic mass is 31.1. The van der Waals surface area contributed by atoms with Gasteiger partial charge in [0, 0.05) is 19.3 Å². The van der Waals surface area contributed by atoms with E-state index in [1.54, 1.807) is 0 Å². The highest BCUT2D eigenvalue weighted by Crippen LogP contribution is 2.45. The Morgan fingerprint density at radius 3 is 1.94 bits per heavy atom. The third-order valence-electron chi connectivity index (χ3n) is 2.49. The minimum absolute atomic E-state index is 0.315. The van der Waals surface area contributed by atoms with Gasteiger partial charge in [0.2, 0.25) is 0 Å². The first kappa shape index (κ1) is 14.9. The number of rotatable bonds is 8. The molecule has 0 aromatic rings. The summed E-state index contributed by atoms with van der Waals surface area (Å²) in [5.74, 6) is 0. The van der Waals surface area contributed by atoms with Crippen LogP contribution in [-0.4, -0.2) is 18.0 Å². The van der Waals surface area contributed by atoms with Crippen LogP contribution in [0, 0.1) is 34.0 Å². The van der Waals surface area contributed by atoms with Crippen LogP contribution in [0.5, 0.6) is 0 Å². The van der Waals surface area contributed by atoms with Crippen LogP contribution in [-0.2, 0) is 0 Å². The molecule has 3 nitrogen and oxygen atoms in total.